The maximum atomic E-state index is 12.2. The van der Waals surface area contributed by atoms with Crippen molar-refractivity contribution >= 4 is 11.6 Å². The first kappa shape index (κ1) is 14.1. The molecule has 1 fully saturated rings. The van der Waals surface area contributed by atoms with E-state index < -0.39 is 0 Å². The molecule has 0 aliphatic heterocycles. The zero-order valence-corrected chi connectivity index (χ0v) is 11.7. The third-order valence-electron chi connectivity index (χ3n) is 4.22. The van der Waals surface area contributed by atoms with Gasteiger partial charge in [-0.1, -0.05) is 37.0 Å². The maximum Gasteiger partial charge on any atom is 0.224 e. The van der Waals surface area contributed by atoms with Gasteiger partial charge in [0.15, 0.2) is 0 Å². The zero-order valence-electron chi connectivity index (χ0n) is 11.7. The third-order valence-corrected chi connectivity index (χ3v) is 4.22. The average Bonchev–Trinajstić information content (AvgIpc) is 2.42. The summed E-state index contributed by atoms with van der Waals surface area (Å²) in [6, 6.07) is 7.91. The minimum Gasteiger partial charge on any atom is -0.330 e. The summed E-state index contributed by atoms with van der Waals surface area (Å²) in [6.07, 6.45) is 6.42. The lowest BCUT2D eigenvalue weighted by molar-refractivity contribution is -0.118. The van der Waals surface area contributed by atoms with Crippen LogP contribution in [-0.2, 0) is 4.79 Å². The number of amides is 1. The van der Waals surface area contributed by atoms with E-state index in [0.717, 1.165) is 18.5 Å². The third kappa shape index (κ3) is 3.80. The molecule has 1 aromatic rings. The van der Waals surface area contributed by atoms with Crippen LogP contribution in [0.4, 0.5) is 5.69 Å². The number of benzene rings is 1. The molecule has 3 N–H and O–H groups in total. The normalized spacial score (nSPS) is 18.0. The Morgan fingerprint density at radius 2 is 1.84 bits per heavy atom. The van der Waals surface area contributed by atoms with Gasteiger partial charge in [0.1, 0.15) is 0 Å². The second kappa shape index (κ2) is 6.20. The predicted molar refractivity (Wildman–Crippen MR) is 79.0 cm³/mol. The first-order chi connectivity index (χ1) is 9.13. The Labute approximate surface area is 115 Å². The molecule has 1 saturated carbocycles. The van der Waals surface area contributed by atoms with Gasteiger partial charge in [0.05, 0.1) is 0 Å². The van der Waals surface area contributed by atoms with Crippen LogP contribution in [0.5, 0.6) is 0 Å². The molecular weight excluding hydrogens is 236 g/mol. The number of nitrogens with one attached hydrogen (secondary N) is 1. The fourth-order valence-electron chi connectivity index (χ4n) is 2.94. The summed E-state index contributed by atoms with van der Waals surface area (Å²) < 4.78 is 0. The highest BCUT2D eigenvalue weighted by molar-refractivity contribution is 5.91. The van der Waals surface area contributed by atoms with Gasteiger partial charge in [0, 0.05) is 12.1 Å². The highest BCUT2D eigenvalue weighted by Gasteiger charge is 2.32. The Morgan fingerprint density at radius 1 is 1.21 bits per heavy atom. The Bertz CT molecular complexity index is 419. The van der Waals surface area contributed by atoms with Crippen LogP contribution in [0.3, 0.4) is 0 Å². The van der Waals surface area contributed by atoms with E-state index in [-0.39, 0.29) is 11.3 Å². The van der Waals surface area contributed by atoms with Crippen LogP contribution < -0.4 is 11.1 Å². The van der Waals surface area contributed by atoms with E-state index in [9.17, 15) is 4.79 Å². The number of rotatable bonds is 4. The molecule has 0 aromatic heterocycles. The monoisotopic (exact) mass is 260 g/mol. The van der Waals surface area contributed by atoms with Crippen molar-refractivity contribution in [3.63, 3.8) is 0 Å². The molecule has 3 heteroatoms. The largest absolute Gasteiger partial charge is 0.330 e. The van der Waals surface area contributed by atoms with Gasteiger partial charge in [-0.15, -0.1) is 0 Å². The minimum atomic E-state index is 0.0348. The summed E-state index contributed by atoms with van der Waals surface area (Å²) in [4.78, 5) is 12.2. The van der Waals surface area contributed by atoms with E-state index in [2.05, 4.69) is 5.32 Å². The molecule has 0 unspecified atom stereocenters. The number of anilines is 1. The standard InChI is InChI=1S/C16H24N2O/c1-13-5-7-14(8-6-13)18-15(19)11-16(12-17)9-3-2-4-10-16/h5-8H,2-4,9-12,17H2,1H3,(H,18,19). The van der Waals surface area contributed by atoms with Crippen LogP contribution in [0.15, 0.2) is 24.3 Å². The zero-order chi connectivity index (χ0) is 13.7. The molecule has 1 aromatic carbocycles. The van der Waals surface area contributed by atoms with E-state index in [1.165, 1.54) is 24.8 Å². The average molecular weight is 260 g/mol. The molecular formula is C16H24N2O. The Morgan fingerprint density at radius 3 is 2.42 bits per heavy atom. The van der Waals surface area contributed by atoms with Crippen LogP contribution >= 0.6 is 0 Å². The van der Waals surface area contributed by atoms with Crippen molar-refractivity contribution in [3.8, 4) is 0 Å². The van der Waals surface area contributed by atoms with Gasteiger partial charge < -0.3 is 11.1 Å². The van der Waals surface area contributed by atoms with Crippen molar-refractivity contribution in [1.29, 1.82) is 0 Å². The number of hydrogen-bond donors (Lipinski definition) is 2. The Balaban J connectivity index is 1.94. The van der Waals surface area contributed by atoms with Gasteiger partial charge in [-0.2, -0.15) is 0 Å². The van der Waals surface area contributed by atoms with Crippen molar-refractivity contribution in [2.75, 3.05) is 11.9 Å². The van der Waals surface area contributed by atoms with E-state index in [1.807, 2.05) is 31.2 Å². The fourth-order valence-corrected chi connectivity index (χ4v) is 2.94. The second-order valence-electron chi connectivity index (χ2n) is 5.86. The number of carbonyl (C=O) groups excluding carboxylic acids is 1. The van der Waals surface area contributed by atoms with Gasteiger partial charge in [-0.05, 0) is 43.9 Å². The number of hydrogen-bond acceptors (Lipinski definition) is 2. The second-order valence-corrected chi connectivity index (χ2v) is 5.86. The summed E-state index contributed by atoms with van der Waals surface area (Å²) in [6.45, 7) is 2.66. The number of nitrogens with two attached hydrogens (primary N) is 1. The van der Waals surface area contributed by atoms with Crippen LogP contribution in [0.2, 0.25) is 0 Å². The lowest BCUT2D eigenvalue weighted by Gasteiger charge is -2.35. The molecule has 0 atom stereocenters. The molecule has 0 spiro atoms. The number of aryl methyl sites for hydroxylation is 1. The molecule has 0 saturated heterocycles. The van der Waals surface area contributed by atoms with Gasteiger partial charge in [-0.3, -0.25) is 4.79 Å². The van der Waals surface area contributed by atoms with E-state index >= 15 is 0 Å². The highest BCUT2D eigenvalue weighted by Crippen LogP contribution is 2.38. The smallest absolute Gasteiger partial charge is 0.224 e. The molecule has 0 heterocycles. The quantitative estimate of drug-likeness (QED) is 0.873. The van der Waals surface area contributed by atoms with Gasteiger partial charge in [0.25, 0.3) is 0 Å². The molecule has 0 radical (unpaired) electrons. The SMILES string of the molecule is Cc1ccc(NC(=O)CC2(CN)CCCCC2)cc1. The molecule has 0 bridgehead atoms. The van der Waals surface area contributed by atoms with Crippen molar-refractivity contribution in [2.45, 2.75) is 45.4 Å². The van der Waals surface area contributed by atoms with Crippen molar-refractivity contribution in [2.24, 2.45) is 11.1 Å². The van der Waals surface area contributed by atoms with Crippen molar-refractivity contribution in [3.05, 3.63) is 29.8 Å². The molecule has 104 valence electrons. The van der Waals surface area contributed by atoms with Crippen LogP contribution in [0, 0.1) is 12.3 Å². The first-order valence-corrected chi connectivity index (χ1v) is 7.20. The topological polar surface area (TPSA) is 55.1 Å². The van der Waals surface area contributed by atoms with Crippen LogP contribution in [0.25, 0.3) is 0 Å². The highest BCUT2D eigenvalue weighted by atomic mass is 16.1. The van der Waals surface area contributed by atoms with Crippen LogP contribution in [0.1, 0.15) is 44.1 Å². The summed E-state index contributed by atoms with van der Waals surface area (Å²) in [5.41, 5.74) is 8.03. The van der Waals surface area contributed by atoms with Gasteiger partial charge in [0.2, 0.25) is 5.91 Å². The molecule has 1 amide bonds. The van der Waals surface area contributed by atoms with Crippen LogP contribution in [-0.4, -0.2) is 12.5 Å². The Hall–Kier alpha value is -1.35. The summed E-state index contributed by atoms with van der Waals surface area (Å²) in [5.74, 6) is 0.0937. The summed E-state index contributed by atoms with van der Waals surface area (Å²) in [5, 5.41) is 2.98. The Kier molecular flexibility index (Phi) is 4.59. The predicted octanol–water partition coefficient (Wildman–Crippen LogP) is 3.23. The molecule has 2 rings (SSSR count). The summed E-state index contributed by atoms with van der Waals surface area (Å²) in [7, 11) is 0. The number of carbonyl (C=O) groups is 1. The molecule has 1 aliphatic rings. The van der Waals surface area contributed by atoms with Crippen molar-refractivity contribution in [1.82, 2.24) is 0 Å². The maximum absolute atomic E-state index is 12.2. The van der Waals surface area contributed by atoms with Gasteiger partial charge >= 0.3 is 0 Å². The molecule has 3 nitrogen and oxygen atoms in total. The molecule has 19 heavy (non-hydrogen) atoms. The van der Waals surface area contributed by atoms with E-state index in [4.69, 9.17) is 5.73 Å². The van der Waals surface area contributed by atoms with E-state index in [0.29, 0.717) is 13.0 Å². The first-order valence-electron chi connectivity index (χ1n) is 7.20. The minimum absolute atomic E-state index is 0.0348. The lowest BCUT2D eigenvalue weighted by atomic mass is 9.71. The van der Waals surface area contributed by atoms with Gasteiger partial charge in [-0.25, -0.2) is 0 Å². The summed E-state index contributed by atoms with van der Waals surface area (Å²) >= 11 is 0. The lowest BCUT2D eigenvalue weighted by Crippen LogP contribution is -2.36. The molecule has 1 aliphatic carbocycles. The fraction of sp³-hybridized carbons (Fsp3) is 0.562. The van der Waals surface area contributed by atoms with Crippen molar-refractivity contribution < 1.29 is 4.79 Å². The van der Waals surface area contributed by atoms with E-state index in [1.54, 1.807) is 0 Å².